The summed E-state index contributed by atoms with van der Waals surface area (Å²) in [6.07, 6.45) is 23.8. The molecule has 0 rings (SSSR count). The van der Waals surface area contributed by atoms with Crippen molar-refractivity contribution in [2.75, 3.05) is 4.43 Å². The van der Waals surface area contributed by atoms with Crippen LogP contribution in [0.3, 0.4) is 0 Å². The second-order valence-corrected chi connectivity index (χ2v) is 12.5. The summed E-state index contributed by atoms with van der Waals surface area (Å²) in [6.45, 7) is 16.9. The van der Waals surface area contributed by atoms with Crippen LogP contribution in [0.2, 0.25) is 0 Å². The Morgan fingerprint density at radius 1 is 0.548 bits per heavy atom. The molecule has 0 radical (unpaired) electrons. The van der Waals surface area contributed by atoms with Crippen LogP contribution in [0, 0.1) is 29.6 Å². The van der Waals surface area contributed by atoms with E-state index in [9.17, 15) is 0 Å². The van der Waals surface area contributed by atoms with Crippen molar-refractivity contribution in [2.45, 2.75) is 145 Å². The molecular weight excluding hydrogens is 487 g/mol. The Morgan fingerprint density at radius 2 is 0.871 bits per heavy atom. The van der Waals surface area contributed by atoms with Crippen molar-refractivity contribution < 1.29 is 0 Å². The summed E-state index contributed by atoms with van der Waals surface area (Å²) in [5.41, 5.74) is 1.58. The van der Waals surface area contributed by atoms with Gasteiger partial charge in [-0.2, -0.15) is 0 Å². The Balaban J connectivity index is 3.62. The van der Waals surface area contributed by atoms with Crippen LogP contribution in [0.4, 0.5) is 0 Å². The number of allylic oxidation sites excluding steroid dienone is 2. The van der Waals surface area contributed by atoms with Gasteiger partial charge < -0.3 is 0 Å². The van der Waals surface area contributed by atoms with Gasteiger partial charge in [0.05, 0.1) is 0 Å². The molecule has 0 aliphatic heterocycles. The number of halogens is 1. The fourth-order valence-electron chi connectivity index (χ4n) is 4.86. The van der Waals surface area contributed by atoms with Gasteiger partial charge in [0, 0.05) is 4.43 Å². The van der Waals surface area contributed by atoms with Crippen molar-refractivity contribution in [3.63, 3.8) is 0 Å². The third-order valence-corrected chi connectivity index (χ3v) is 7.79. The monoisotopic (exact) mass is 546 g/mol. The lowest BCUT2D eigenvalue weighted by Gasteiger charge is -2.17. The van der Waals surface area contributed by atoms with Gasteiger partial charge in [0.25, 0.3) is 0 Å². The number of hydrogen-bond acceptors (Lipinski definition) is 0. The van der Waals surface area contributed by atoms with Crippen molar-refractivity contribution in [3.05, 3.63) is 11.6 Å². The van der Waals surface area contributed by atoms with Gasteiger partial charge in [0.15, 0.2) is 0 Å². The molecule has 186 valence electrons. The van der Waals surface area contributed by atoms with Gasteiger partial charge in [0.2, 0.25) is 0 Å². The van der Waals surface area contributed by atoms with Crippen LogP contribution in [0.5, 0.6) is 0 Å². The van der Waals surface area contributed by atoms with E-state index < -0.39 is 0 Å². The fourth-order valence-corrected chi connectivity index (χ4v) is 5.61. The van der Waals surface area contributed by atoms with E-state index in [1.807, 2.05) is 0 Å². The van der Waals surface area contributed by atoms with E-state index in [2.05, 4.69) is 77.1 Å². The normalized spacial score (nSPS) is 16.5. The maximum atomic E-state index is 2.49. The Labute approximate surface area is 212 Å². The highest BCUT2D eigenvalue weighted by atomic mass is 127. The number of rotatable bonds is 21. The van der Waals surface area contributed by atoms with Gasteiger partial charge in [-0.3, -0.25) is 0 Å². The van der Waals surface area contributed by atoms with Crippen LogP contribution < -0.4 is 0 Å². The molecule has 31 heavy (non-hydrogen) atoms. The third kappa shape index (κ3) is 22.0. The second-order valence-electron chi connectivity index (χ2n) is 11.6. The molecule has 4 atom stereocenters. The van der Waals surface area contributed by atoms with E-state index in [0.29, 0.717) is 0 Å². The molecule has 0 bridgehead atoms. The first-order valence-electron chi connectivity index (χ1n) is 14.0. The van der Waals surface area contributed by atoms with Gasteiger partial charge in [-0.05, 0) is 49.4 Å². The lowest BCUT2D eigenvalue weighted by molar-refractivity contribution is 0.364. The molecule has 0 aromatic rings. The summed E-state index contributed by atoms with van der Waals surface area (Å²) in [6, 6.07) is 0. The zero-order chi connectivity index (χ0) is 23.5. The smallest absolute Gasteiger partial charge is 0.0178 e. The van der Waals surface area contributed by atoms with E-state index in [1.165, 1.54) is 96.3 Å². The first-order chi connectivity index (χ1) is 14.7. The highest BCUT2D eigenvalue weighted by molar-refractivity contribution is 14.1. The van der Waals surface area contributed by atoms with Crippen LogP contribution in [0.1, 0.15) is 145 Å². The molecule has 0 saturated heterocycles. The molecule has 4 unspecified atom stereocenters. The van der Waals surface area contributed by atoms with E-state index in [1.54, 1.807) is 5.57 Å². The van der Waals surface area contributed by atoms with Gasteiger partial charge >= 0.3 is 0 Å². The van der Waals surface area contributed by atoms with Gasteiger partial charge in [0.1, 0.15) is 0 Å². The van der Waals surface area contributed by atoms with Gasteiger partial charge in [-0.15, -0.1) is 0 Å². The minimum Gasteiger partial charge on any atom is -0.0818 e. The quantitative estimate of drug-likeness (QED) is 0.0763. The zero-order valence-corrected chi connectivity index (χ0v) is 24.8. The molecular formula is C30H59I. The summed E-state index contributed by atoms with van der Waals surface area (Å²) in [4.78, 5) is 0. The highest BCUT2D eigenvalue weighted by Crippen LogP contribution is 2.24. The van der Waals surface area contributed by atoms with Gasteiger partial charge in [-0.25, -0.2) is 0 Å². The van der Waals surface area contributed by atoms with E-state index in [4.69, 9.17) is 0 Å². The summed E-state index contributed by atoms with van der Waals surface area (Å²) in [7, 11) is 0. The van der Waals surface area contributed by atoms with Crippen LogP contribution in [-0.4, -0.2) is 4.43 Å². The van der Waals surface area contributed by atoms with Gasteiger partial charge in [-0.1, -0.05) is 159 Å². The second kappa shape index (κ2) is 21.0. The molecule has 0 aromatic heterocycles. The molecule has 0 fully saturated rings. The zero-order valence-electron chi connectivity index (χ0n) is 22.7. The molecule has 0 nitrogen and oxygen atoms in total. The molecule has 0 heterocycles. The topological polar surface area (TPSA) is 0 Å². The largest absolute Gasteiger partial charge is 0.0818 e. The van der Waals surface area contributed by atoms with Crippen molar-refractivity contribution in [3.8, 4) is 0 Å². The fraction of sp³-hybridized carbons (Fsp3) is 0.933. The number of alkyl halides is 1. The Kier molecular flexibility index (Phi) is 21.4. The van der Waals surface area contributed by atoms with Crippen LogP contribution in [-0.2, 0) is 0 Å². The van der Waals surface area contributed by atoms with Crippen LogP contribution >= 0.6 is 22.6 Å². The summed E-state index contributed by atoms with van der Waals surface area (Å²) in [5, 5.41) is 0. The third-order valence-electron chi connectivity index (χ3n) is 7.35. The Morgan fingerprint density at radius 3 is 1.19 bits per heavy atom. The molecule has 0 spiro atoms. The molecule has 0 aliphatic rings. The van der Waals surface area contributed by atoms with E-state index in [0.717, 1.165) is 34.0 Å². The first kappa shape index (κ1) is 31.5. The summed E-state index contributed by atoms with van der Waals surface area (Å²) >= 11 is 2.44. The molecule has 0 amide bonds. The average Bonchev–Trinajstić information content (AvgIpc) is 2.68. The molecule has 0 N–H and O–H groups in total. The number of hydrogen-bond donors (Lipinski definition) is 0. The first-order valence-corrected chi connectivity index (χ1v) is 15.5. The van der Waals surface area contributed by atoms with Crippen molar-refractivity contribution >= 4 is 22.6 Å². The van der Waals surface area contributed by atoms with Crippen molar-refractivity contribution in [1.29, 1.82) is 0 Å². The SMILES string of the molecule is CC(=CCI)CCCC(C)CCCC(C)CCCC(C)CCCC(C)CCCC(C)C. The Hall–Kier alpha value is 0.470. The lowest BCUT2D eigenvalue weighted by Crippen LogP contribution is -2.02. The molecule has 0 aliphatic carbocycles. The minimum absolute atomic E-state index is 0.875. The lowest BCUT2D eigenvalue weighted by atomic mass is 9.89. The predicted octanol–water partition coefficient (Wildman–Crippen LogP) is 11.4. The molecule has 0 aromatic carbocycles. The van der Waals surface area contributed by atoms with Crippen molar-refractivity contribution in [2.24, 2.45) is 29.6 Å². The predicted molar refractivity (Wildman–Crippen MR) is 153 cm³/mol. The maximum absolute atomic E-state index is 2.49. The van der Waals surface area contributed by atoms with E-state index >= 15 is 0 Å². The van der Waals surface area contributed by atoms with Crippen molar-refractivity contribution in [1.82, 2.24) is 0 Å². The summed E-state index contributed by atoms with van der Waals surface area (Å²) < 4.78 is 1.16. The average molecular weight is 547 g/mol. The van der Waals surface area contributed by atoms with Crippen LogP contribution in [0.15, 0.2) is 11.6 Å². The molecule has 0 saturated carbocycles. The maximum Gasteiger partial charge on any atom is 0.0178 e. The van der Waals surface area contributed by atoms with E-state index in [-0.39, 0.29) is 0 Å². The molecule has 1 heteroatoms. The van der Waals surface area contributed by atoms with Crippen LogP contribution in [0.25, 0.3) is 0 Å². The summed E-state index contributed by atoms with van der Waals surface area (Å²) in [5.74, 6) is 4.58. The Bertz CT molecular complexity index is 411. The standard InChI is InChI=1S/C30H59I/c1-25(2)13-8-14-26(3)15-9-16-27(4)17-10-18-28(5)19-11-20-29(6)21-12-22-30(7)23-24-31/h23,25-29H,8-22,24H2,1-7H3. The minimum atomic E-state index is 0.875. The highest BCUT2D eigenvalue weighted by Gasteiger charge is 2.09.